The number of hydrogen-bond acceptors (Lipinski definition) is 4. The van der Waals surface area contributed by atoms with Crippen LogP contribution in [0, 0.1) is 0 Å². The van der Waals surface area contributed by atoms with Crippen LogP contribution in [0.3, 0.4) is 0 Å². The van der Waals surface area contributed by atoms with Crippen LogP contribution in [-0.2, 0) is 6.54 Å². The largest absolute Gasteiger partial charge is 0.375 e. The Hall–Kier alpha value is -0.460. The molecule has 0 aliphatic heterocycles. The smallest absolute Gasteiger partial charge is 0.251 e. The summed E-state index contributed by atoms with van der Waals surface area (Å²) in [7, 11) is 0. The maximum Gasteiger partial charge on any atom is 0.251 e. The predicted octanol–water partition coefficient (Wildman–Crippen LogP) is 2.23. The van der Waals surface area contributed by atoms with Gasteiger partial charge >= 0.3 is 0 Å². The molecule has 0 atom stereocenters. The van der Waals surface area contributed by atoms with Crippen molar-refractivity contribution in [1.29, 1.82) is 0 Å². The van der Waals surface area contributed by atoms with Gasteiger partial charge in [0.15, 0.2) is 5.13 Å². The van der Waals surface area contributed by atoms with E-state index in [4.69, 9.17) is 5.73 Å². The summed E-state index contributed by atoms with van der Waals surface area (Å²) in [6, 6.07) is 0. The van der Waals surface area contributed by atoms with Crippen LogP contribution in [0.5, 0.6) is 0 Å². The number of nitrogen functional groups attached to an aromatic ring is 1. The maximum absolute atomic E-state index is 12.1. The van der Waals surface area contributed by atoms with Crippen molar-refractivity contribution in [3.63, 3.8) is 0 Å². The van der Waals surface area contributed by atoms with Gasteiger partial charge in [-0.05, 0) is 6.54 Å². The number of aromatic nitrogens is 1. The van der Waals surface area contributed by atoms with Crippen molar-refractivity contribution in [2.24, 2.45) is 0 Å². The molecule has 2 N–H and O–H groups in total. The zero-order valence-electron chi connectivity index (χ0n) is 8.32. The van der Waals surface area contributed by atoms with Crippen molar-refractivity contribution in [3.8, 4) is 0 Å². The lowest BCUT2D eigenvalue weighted by molar-refractivity contribution is 0.0879. The fourth-order valence-corrected chi connectivity index (χ4v) is 1.84. The Balaban J connectivity index is 0.00000196. The second-order valence-electron chi connectivity index (χ2n) is 2.88. The molecule has 0 bridgehead atoms. The van der Waals surface area contributed by atoms with Gasteiger partial charge in [0.05, 0.1) is 6.54 Å². The van der Waals surface area contributed by atoms with E-state index in [9.17, 15) is 8.78 Å². The van der Waals surface area contributed by atoms with Gasteiger partial charge in [0, 0.05) is 17.6 Å². The fraction of sp³-hybridized carbons (Fsp3) is 0.625. The van der Waals surface area contributed by atoms with E-state index in [0.717, 1.165) is 4.88 Å². The molecule has 3 nitrogen and oxygen atoms in total. The third kappa shape index (κ3) is 5.25. The first-order chi connectivity index (χ1) is 6.61. The molecule has 0 aliphatic rings. The van der Waals surface area contributed by atoms with Crippen LogP contribution in [0.15, 0.2) is 6.20 Å². The van der Waals surface area contributed by atoms with E-state index < -0.39 is 6.43 Å². The van der Waals surface area contributed by atoms with E-state index in [0.29, 0.717) is 18.2 Å². The van der Waals surface area contributed by atoms with E-state index in [1.807, 2.05) is 6.92 Å². The maximum atomic E-state index is 12.1. The lowest BCUT2D eigenvalue weighted by atomic mass is 10.4. The Labute approximate surface area is 97.7 Å². The van der Waals surface area contributed by atoms with Crippen molar-refractivity contribution < 1.29 is 8.78 Å². The first-order valence-electron chi connectivity index (χ1n) is 4.32. The predicted molar refractivity (Wildman–Crippen MR) is 60.7 cm³/mol. The van der Waals surface area contributed by atoms with Gasteiger partial charge in [-0.15, -0.1) is 23.7 Å². The number of anilines is 1. The van der Waals surface area contributed by atoms with Crippen molar-refractivity contribution >= 4 is 28.9 Å². The Morgan fingerprint density at radius 3 is 2.67 bits per heavy atom. The number of nitrogens with two attached hydrogens (primary N) is 1. The van der Waals surface area contributed by atoms with Gasteiger partial charge < -0.3 is 5.73 Å². The second kappa shape index (κ2) is 6.92. The molecular formula is C8H14ClF2N3S. The lowest BCUT2D eigenvalue weighted by Crippen LogP contribution is -2.27. The highest BCUT2D eigenvalue weighted by molar-refractivity contribution is 7.15. The van der Waals surface area contributed by atoms with E-state index in [1.165, 1.54) is 11.3 Å². The van der Waals surface area contributed by atoms with Crippen LogP contribution in [0.4, 0.5) is 13.9 Å². The first-order valence-corrected chi connectivity index (χ1v) is 5.14. The van der Waals surface area contributed by atoms with Gasteiger partial charge in [0.2, 0.25) is 0 Å². The SMILES string of the molecule is CCN(Cc1cnc(N)s1)CC(F)F.Cl. The lowest BCUT2D eigenvalue weighted by Gasteiger charge is -2.18. The highest BCUT2D eigenvalue weighted by Crippen LogP contribution is 2.16. The Bertz CT molecular complexity index is 283. The van der Waals surface area contributed by atoms with Crippen molar-refractivity contribution in [3.05, 3.63) is 11.1 Å². The van der Waals surface area contributed by atoms with E-state index in [-0.39, 0.29) is 19.0 Å². The topological polar surface area (TPSA) is 42.2 Å². The Morgan fingerprint density at radius 1 is 1.60 bits per heavy atom. The van der Waals surface area contributed by atoms with E-state index in [1.54, 1.807) is 11.1 Å². The third-order valence-electron chi connectivity index (χ3n) is 1.79. The second-order valence-corrected chi connectivity index (χ2v) is 4.03. The van der Waals surface area contributed by atoms with Crippen LogP contribution in [0.25, 0.3) is 0 Å². The van der Waals surface area contributed by atoms with Crippen molar-refractivity contribution in [2.45, 2.75) is 19.9 Å². The minimum absolute atomic E-state index is 0. The summed E-state index contributed by atoms with van der Waals surface area (Å²) in [5, 5.41) is 0.480. The summed E-state index contributed by atoms with van der Waals surface area (Å²) >= 11 is 1.34. The molecule has 0 aliphatic carbocycles. The number of thiazole rings is 1. The zero-order chi connectivity index (χ0) is 10.6. The van der Waals surface area contributed by atoms with E-state index >= 15 is 0 Å². The molecule has 1 heterocycles. The average molecular weight is 258 g/mol. The fourth-order valence-electron chi connectivity index (χ4n) is 1.12. The van der Waals surface area contributed by atoms with Gasteiger partial charge in [-0.3, -0.25) is 4.90 Å². The Morgan fingerprint density at radius 2 is 2.27 bits per heavy atom. The van der Waals surface area contributed by atoms with Crippen LogP contribution in [0.2, 0.25) is 0 Å². The zero-order valence-corrected chi connectivity index (χ0v) is 9.95. The molecule has 1 rings (SSSR count). The molecule has 0 saturated heterocycles. The molecule has 0 saturated carbocycles. The minimum atomic E-state index is -2.29. The summed E-state index contributed by atoms with van der Waals surface area (Å²) < 4.78 is 24.2. The molecule has 0 fully saturated rings. The summed E-state index contributed by atoms with van der Waals surface area (Å²) in [4.78, 5) is 6.45. The summed E-state index contributed by atoms with van der Waals surface area (Å²) in [6.45, 7) is 2.75. The molecule has 0 unspecified atom stereocenters. The van der Waals surface area contributed by atoms with Gasteiger partial charge in [-0.25, -0.2) is 13.8 Å². The van der Waals surface area contributed by atoms with Crippen molar-refractivity contribution in [2.75, 3.05) is 18.8 Å². The summed E-state index contributed by atoms with van der Waals surface area (Å²) in [5.74, 6) is 0. The van der Waals surface area contributed by atoms with Gasteiger partial charge in [0.1, 0.15) is 0 Å². The molecule has 0 spiro atoms. The van der Waals surface area contributed by atoms with Gasteiger partial charge in [0.25, 0.3) is 6.43 Å². The number of nitrogens with zero attached hydrogens (tertiary/aromatic N) is 2. The molecular weight excluding hydrogens is 244 g/mol. The van der Waals surface area contributed by atoms with Crippen molar-refractivity contribution in [1.82, 2.24) is 9.88 Å². The van der Waals surface area contributed by atoms with Gasteiger partial charge in [-0.1, -0.05) is 6.92 Å². The summed E-state index contributed by atoms with van der Waals surface area (Å²) in [5.41, 5.74) is 5.44. The normalized spacial score (nSPS) is 10.7. The molecule has 0 radical (unpaired) electrons. The number of hydrogen-bond donors (Lipinski definition) is 1. The first kappa shape index (κ1) is 14.5. The number of rotatable bonds is 5. The quantitative estimate of drug-likeness (QED) is 0.880. The Kier molecular flexibility index (Phi) is 6.71. The average Bonchev–Trinajstić information content (AvgIpc) is 2.49. The molecule has 0 aromatic carbocycles. The van der Waals surface area contributed by atoms with Crippen LogP contribution >= 0.6 is 23.7 Å². The number of alkyl halides is 2. The van der Waals surface area contributed by atoms with Crippen LogP contribution < -0.4 is 5.73 Å². The molecule has 1 aromatic rings. The van der Waals surface area contributed by atoms with Crippen LogP contribution in [0.1, 0.15) is 11.8 Å². The molecule has 88 valence electrons. The third-order valence-corrected chi connectivity index (χ3v) is 2.61. The monoisotopic (exact) mass is 257 g/mol. The summed E-state index contributed by atoms with van der Waals surface area (Å²) in [6.07, 6.45) is -0.658. The standard InChI is InChI=1S/C8H13F2N3S.ClH/c1-2-13(5-7(9)10)4-6-3-12-8(11)14-6;/h3,7H,2,4-5H2,1H3,(H2,11,12);1H. The van der Waals surface area contributed by atoms with E-state index in [2.05, 4.69) is 4.98 Å². The molecule has 1 aromatic heterocycles. The molecule has 7 heteroatoms. The highest BCUT2D eigenvalue weighted by Gasteiger charge is 2.11. The minimum Gasteiger partial charge on any atom is -0.375 e. The number of halogens is 3. The van der Waals surface area contributed by atoms with Crippen LogP contribution in [-0.4, -0.2) is 29.4 Å². The molecule has 15 heavy (non-hydrogen) atoms. The molecule has 0 amide bonds. The highest BCUT2D eigenvalue weighted by atomic mass is 35.5. The van der Waals surface area contributed by atoms with Gasteiger partial charge in [-0.2, -0.15) is 0 Å².